The molecular weight excluding hydrogens is 254 g/mol. The van der Waals surface area contributed by atoms with Crippen molar-refractivity contribution >= 4 is 11.7 Å². The Hall–Kier alpha value is -1.71. The van der Waals surface area contributed by atoms with Crippen molar-refractivity contribution in [1.82, 2.24) is 0 Å². The number of ether oxygens (including phenoxy) is 1. The molecule has 112 valence electrons. The highest BCUT2D eigenvalue weighted by Crippen LogP contribution is 2.28. The Balaban J connectivity index is 2.81. The van der Waals surface area contributed by atoms with Gasteiger partial charge in [-0.1, -0.05) is 31.9 Å². The van der Waals surface area contributed by atoms with Crippen molar-refractivity contribution in [3.05, 3.63) is 24.3 Å². The summed E-state index contributed by atoms with van der Waals surface area (Å²) >= 11 is 0. The van der Waals surface area contributed by atoms with Gasteiger partial charge in [-0.05, 0) is 25.5 Å². The summed E-state index contributed by atoms with van der Waals surface area (Å²) in [7, 11) is 0. The lowest BCUT2D eigenvalue weighted by Gasteiger charge is -2.26. The van der Waals surface area contributed by atoms with E-state index in [1.54, 1.807) is 0 Å². The number of carbonyl (C=O) groups is 1. The Kier molecular flexibility index (Phi) is 7.55. The zero-order chi connectivity index (χ0) is 14.8. The van der Waals surface area contributed by atoms with E-state index in [9.17, 15) is 4.79 Å². The first kappa shape index (κ1) is 16.3. The van der Waals surface area contributed by atoms with Crippen LogP contribution in [0, 0.1) is 0 Å². The van der Waals surface area contributed by atoms with Crippen LogP contribution in [-0.4, -0.2) is 30.8 Å². The van der Waals surface area contributed by atoms with Gasteiger partial charge in [0.2, 0.25) is 0 Å². The molecule has 0 saturated heterocycles. The van der Waals surface area contributed by atoms with Crippen LogP contribution >= 0.6 is 0 Å². The van der Waals surface area contributed by atoms with Crippen LogP contribution in [0.5, 0.6) is 5.75 Å². The Morgan fingerprint density at radius 1 is 1.20 bits per heavy atom. The number of unbranched alkanes of at least 4 members (excludes halogenated alkanes) is 2. The van der Waals surface area contributed by atoms with E-state index in [1.165, 1.54) is 0 Å². The fraction of sp³-hybridized carbons (Fsp3) is 0.562. The average molecular weight is 279 g/mol. The molecule has 0 fully saturated rings. The molecule has 1 N–H and O–H groups in total. The van der Waals surface area contributed by atoms with Crippen LogP contribution in [-0.2, 0) is 4.79 Å². The number of para-hydroxylation sites is 2. The minimum atomic E-state index is -0.764. The first-order valence-corrected chi connectivity index (χ1v) is 7.37. The molecule has 0 heterocycles. The van der Waals surface area contributed by atoms with Gasteiger partial charge in [-0.2, -0.15) is 0 Å². The molecule has 0 aliphatic heterocycles. The quantitative estimate of drug-likeness (QED) is 0.665. The largest absolute Gasteiger partial charge is 0.492 e. The van der Waals surface area contributed by atoms with E-state index in [0.717, 1.165) is 37.2 Å². The monoisotopic (exact) mass is 279 g/mol. The number of rotatable bonds is 10. The Labute approximate surface area is 121 Å². The van der Waals surface area contributed by atoms with Crippen molar-refractivity contribution in [2.75, 3.05) is 24.6 Å². The van der Waals surface area contributed by atoms with Crippen molar-refractivity contribution in [3.63, 3.8) is 0 Å². The highest BCUT2D eigenvalue weighted by Gasteiger charge is 2.12. The first-order valence-electron chi connectivity index (χ1n) is 7.37. The summed E-state index contributed by atoms with van der Waals surface area (Å²) in [6.45, 7) is 6.11. The summed E-state index contributed by atoms with van der Waals surface area (Å²) in [5, 5.41) is 8.90. The molecule has 4 nitrogen and oxygen atoms in total. The molecule has 0 aromatic heterocycles. The zero-order valence-corrected chi connectivity index (χ0v) is 12.5. The maximum absolute atomic E-state index is 10.8. The van der Waals surface area contributed by atoms with E-state index >= 15 is 0 Å². The molecule has 0 radical (unpaired) electrons. The van der Waals surface area contributed by atoms with E-state index in [1.807, 2.05) is 31.2 Å². The summed E-state index contributed by atoms with van der Waals surface area (Å²) in [6.07, 6.45) is 3.52. The zero-order valence-electron chi connectivity index (χ0n) is 12.5. The van der Waals surface area contributed by atoms with Gasteiger partial charge in [0.15, 0.2) is 0 Å². The van der Waals surface area contributed by atoms with Gasteiger partial charge in [-0.3, -0.25) is 4.79 Å². The highest BCUT2D eigenvalue weighted by molar-refractivity contribution is 5.68. The number of hydrogen-bond acceptors (Lipinski definition) is 3. The van der Waals surface area contributed by atoms with Crippen molar-refractivity contribution < 1.29 is 14.6 Å². The van der Waals surface area contributed by atoms with Crippen molar-refractivity contribution in [3.8, 4) is 5.75 Å². The summed E-state index contributed by atoms with van der Waals surface area (Å²) < 4.78 is 5.64. The molecule has 20 heavy (non-hydrogen) atoms. The summed E-state index contributed by atoms with van der Waals surface area (Å²) in [4.78, 5) is 12.9. The van der Waals surface area contributed by atoms with Crippen molar-refractivity contribution in [2.45, 2.75) is 39.5 Å². The summed E-state index contributed by atoms with van der Waals surface area (Å²) in [6, 6.07) is 7.84. The number of nitrogens with zero attached hydrogens (tertiary/aromatic N) is 1. The van der Waals surface area contributed by atoms with Crippen LogP contribution in [0.1, 0.15) is 39.5 Å². The van der Waals surface area contributed by atoms with Gasteiger partial charge >= 0.3 is 5.97 Å². The lowest BCUT2D eigenvalue weighted by molar-refractivity contribution is -0.136. The molecule has 1 rings (SSSR count). The molecule has 0 aliphatic carbocycles. The maximum Gasteiger partial charge on any atom is 0.305 e. The molecule has 4 heteroatoms. The lowest BCUT2D eigenvalue weighted by atomic mass is 10.2. The van der Waals surface area contributed by atoms with E-state index < -0.39 is 5.97 Å². The minimum absolute atomic E-state index is 0.145. The molecule has 0 atom stereocenters. The molecular formula is C16H25NO3. The Morgan fingerprint density at radius 3 is 2.60 bits per heavy atom. The second-order valence-corrected chi connectivity index (χ2v) is 4.74. The predicted molar refractivity (Wildman–Crippen MR) is 81.6 cm³/mol. The fourth-order valence-electron chi connectivity index (χ4n) is 2.13. The van der Waals surface area contributed by atoms with Gasteiger partial charge in [0.25, 0.3) is 0 Å². The molecule has 1 aromatic rings. The van der Waals surface area contributed by atoms with Gasteiger partial charge in [0.05, 0.1) is 18.7 Å². The van der Waals surface area contributed by atoms with E-state index in [-0.39, 0.29) is 6.42 Å². The SMILES string of the molecule is CCCCCN(CCC(=O)O)c1ccccc1OCC. The van der Waals surface area contributed by atoms with Crippen LogP contribution in [0.3, 0.4) is 0 Å². The van der Waals surface area contributed by atoms with E-state index in [2.05, 4.69) is 11.8 Å². The van der Waals surface area contributed by atoms with Crippen LogP contribution in [0.2, 0.25) is 0 Å². The molecule has 0 spiro atoms. The maximum atomic E-state index is 10.8. The molecule has 0 saturated carbocycles. The molecule has 0 bridgehead atoms. The smallest absolute Gasteiger partial charge is 0.305 e. The number of aliphatic carboxylic acids is 1. The van der Waals surface area contributed by atoms with E-state index in [4.69, 9.17) is 9.84 Å². The Bertz CT molecular complexity index is 406. The summed E-state index contributed by atoms with van der Waals surface area (Å²) in [5.74, 6) is 0.0660. The van der Waals surface area contributed by atoms with Gasteiger partial charge in [-0.15, -0.1) is 0 Å². The third-order valence-corrected chi connectivity index (χ3v) is 3.13. The van der Waals surface area contributed by atoms with Crippen LogP contribution in [0.15, 0.2) is 24.3 Å². The lowest BCUT2D eigenvalue weighted by Crippen LogP contribution is -2.27. The third-order valence-electron chi connectivity index (χ3n) is 3.13. The topological polar surface area (TPSA) is 49.8 Å². The molecule has 0 unspecified atom stereocenters. The number of carboxylic acids is 1. The minimum Gasteiger partial charge on any atom is -0.492 e. The van der Waals surface area contributed by atoms with Crippen molar-refractivity contribution in [2.24, 2.45) is 0 Å². The number of benzene rings is 1. The van der Waals surface area contributed by atoms with Gasteiger partial charge in [0.1, 0.15) is 5.75 Å². The number of hydrogen-bond donors (Lipinski definition) is 1. The van der Waals surface area contributed by atoms with Crippen LogP contribution in [0.4, 0.5) is 5.69 Å². The van der Waals surface area contributed by atoms with Gasteiger partial charge in [0, 0.05) is 13.1 Å². The standard InChI is InChI=1S/C16H25NO3/c1-3-5-8-12-17(13-11-16(18)19)14-9-6-7-10-15(14)20-4-2/h6-7,9-10H,3-5,8,11-13H2,1-2H3,(H,18,19). The van der Waals surface area contributed by atoms with Gasteiger partial charge in [-0.25, -0.2) is 0 Å². The second-order valence-electron chi connectivity index (χ2n) is 4.74. The third kappa shape index (κ3) is 5.51. The van der Waals surface area contributed by atoms with Crippen LogP contribution < -0.4 is 9.64 Å². The molecule has 0 amide bonds. The molecule has 0 aliphatic rings. The number of carboxylic acid groups (broad SMARTS) is 1. The fourth-order valence-corrected chi connectivity index (χ4v) is 2.13. The first-order chi connectivity index (χ1) is 9.69. The highest BCUT2D eigenvalue weighted by atomic mass is 16.5. The number of anilines is 1. The molecule has 1 aromatic carbocycles. The predicted octanol–water partition coefficient (Wildman–Crippen LogP) is 3.56. The van der Waals surface area contributed by atoms with Crippen molar-refractivity contribution in [1.29, 1.82) is 0 Å². The average Bonchev–Trinajstić information content (AvgIpc) is 2.44. The Morgan fingerprint density at radius 2 is 1.95 bits per heavy atom. The summed E-state index contributed by atoms with van der Waals surface area (Å²) in [5.41, 5.74) is 0.992. The second kappa shape index (κ2) is 9.23. The normalized spacial score (nSPS) is 10.3. The van der Waals surface area contributed by atoms with Gasteiger partial charge < -0.3 is 14.7 Å². The van der Waals surface area contributed by atoms with Crippen LogP contribution in [0.25, 0.3) is 0 Å². The van der Waals surface area contributed by atoms with E-state index in [0.29, 0.717) is 13.2 Å².